The van der Waals surface area contributed by atoms with Gasteiger partial charge in [-0.05, 0) is 12.1 Å². The molecular formula is C13H22N4S2. The second-order valence-corrected chi connectivity index (χ2v) is 5.68. The van der Waals surface area contributed by atoms with E-state index in [1.54, 1.807) is 0 Å². The van der Waals surface area contributed by atoms with Crippen LogP contribution in [0.1, 0.15) is 0 Å². The third-order valence-corrected chi connectivity index (χ3v) is 2.82. The Kier molecular flexibility index (Phi) is 6.97. The van der Waals surface area contributed by atoms with Crippen LogP contribution in [0.3, 0.4) is 0 Å². The average Bonchev–Trinajstić information content (AvgIpc) is 2.39. The number of rotatable bonds is 2. The van der Waals surface area contributed by atoms with E-state index in [1.807, 2.05) is 0 Å². The van der Waals surface area contributed by atoms with Crippen LogP contribution in [0, 0.1) is 0 Å². The van der Waals surface area contributed by atoms with E-state index in [0.29, 0.717) is 0 Å². The highest BCUT2D eigenvalue weighted by molar-refractivity contribution is 8.10. The second kappa shape index (κ2) is 8.24. The van der Waals surface area contributed by atoms with Crippen molar-refractivity contribution in [2.75, 3.05) is 50.1 Å². The molecule has 106 valence electrons. The third-order valence-electron chi connectivity index (χ3n) is 2.82. The summed E-state index contributed by atoms with van der Waals surface area (Å²) in [6.45, 7) is 4.37. The third kappa shape index (κ3) is 5.67. The summed E-state index contributed by atoms with van der Waals surface area (Å²) in [5, 5.41) is 3.38. The summed E-state index contributed by atoms with van der Waals surface area (Å²) in [7, 11) is 4.20. The molecular weight excluding hydrogens is 276 g/mol. The first-order chi connectivity index (χ1) is 9.02. The van der Waals surface area contributed by atoms with Crippen molar-refractivity contribution in [1.82, 2.24) is 5.32 Å². The molecule has 0 aliphatic carbocycles. The van der Waals surface area contributed by atoms with Crippen molar-refractivity contribution in [1.29, 1.82) is 0 Å². The van der Waals surface area contributed by atoms with Crippen LogP contribution in [0.25, 0.3) is 0 Å². The number of hydrogen-bond donors (Lipinski definition) is 3. The van der Waals surface area contributed by atoms with Gasteiger partial charge in [0.1, 0.15) is 4.32 Å². The molecule has 0 radical (unpaired) electrons. The van der Waals surface area contributed by atoms with Gasteiger partial charge in [0.25, 0.3) is 0 Å². The summed E-state index contributed by atoms with van der Waals surface area (Å²) in [6, 6.07) is 8.60. The molecule has 0 aromatic heterocycles. The van der Waals surface area contributed by atoms with E-state index in [-0.39, 0.29) is 4.32 Å². The Morgan fingerprint density at radius 3 is 2.37 bits per heavy atom. The first-order valence-electron chi connectivity index (χ1n) is 6.22. The standard InChI is InChI=1S/C12H19N3.CH3NS2/c1-14(2)11-5-3-4-6-12(11)15-9-7-13-8-10-15;2-1(3)4/h3-6,13H,7-10H2,1-2H3;(H3,2,3,4). The van der Waals surface area contributed by atoms with Crippen LogP contribution in [-0.2, 0) is 0 Å². The minimum atomic E-state index is 0.194. The molecule has 1 aliphatic rings. The number of hydrogen-bond acceptors (Lipinski definition) is 4. The fraction of sp³-hybridized carbons (Fsp3) is 0.462. The Balaban J connectivity index is 0.000000399. The molecule has 0 atom stereocenters. The first kappa shape index (κ1) is 16.1. The zero-order valence-corrected chi connectivity index (χ0v) is 13.2. The molecule has 3 N–H and O–H groups in total. The van der Waals surface area contributed by atoms with Gasteiger partial charge in [-0.15, -0.1) is 12.6 Å². The maximum Gasteiger partial charge on any atom is 0.128 e. The Bertz CT molecular complexity index is 399. The van der Waals surface area contributed by atoms with E-state index in [0.717, 1.165) is 26.2 Å². The lowest BCUT2D eigenvalue weighted by atomic mass is 10.2. The van der Waals surface area contributed by atoms with Crippen LogP contribution in [-0.4, -0.2) is 44.6 Å². The Morgan fingerprint density at radius 1 is 1.32 bits per heavy atom. The molecule has 19 heavy (non-hydrogen) atoms. The smallest absolute Gasteiger partial charge is 0.128 e. The van der Waals surface area contributed by atoms with Crippen molar-refractivity contribution in [3.63, 3.8) is 0 Å². The van der Waals surface area contributed by atoms with Gasteiger partial charge in [0.15, 0.2) is 0 Å². The SMILES string of the molecule is CN(C)c1ccccc1N1CCNCC1.NC(=S)S. The summed E-state index contributed by atoms with van der Waals surface area (Å²) < 4.78 is 0.194. The van der Waals surface area contributed by atoms with Crippen molar-refractivity contribution in [3.8, 4) is 0 Å². The van der Waals surface area contributed by atoms with Crippen LogP contribution in [0.5, 0.6) is 0 Å². The number of nitrogens with two attached hydrogens (primary N) is 1. The number of piperazine rings is 1. The largest absolute Gasteiger partial charge is 0.385 e. The maximum atomic E-state index is 4.71. The van der Waals surface area contributed by atoms with Gasteiger partial charge in [-0.3, -0.25) is 0 Å². The quantitative estimate of drug-likeness (QED) is 0.568. The molecule has 6 heteroatoms. The van der Waals surface area contributed by atoms with E-state index in [4.69, 9.17) is 5.73 Å². The Hall–Kier alpha value is -0.980. The molecule has 0 unspecified atom stereocenters. The summed E-state index contributed by atoms with van der Waals surface area (Å²) in [5.41, 5.74) is 7.36. The summed E-state index contributed by atoms with van der Waals surface area (Å²) in [4.78, 5) is 4.63. The molecule has 0 spiro atoms. The molecule has 1 aromatic rings. The monoisotopic (exact) mass is 298 g/mol. The van der Waals surface area contributed by atoms with E-state index in [2.05, 4.69) is 78.3 Å². The fourth-order valence-corrected chi connectivity index (χ4v) is 2.02. The maximum absolute atomic E-state index is 4.71. The number of nitrogens with one attached hydrogen (secondary N) is 1. The predicted molar refractivity (Wildman–Crippen MR) is 91.6 cm³/mol. The summed E-state index contributed by atoms with van der Waals surface area (Å²) >= 11 is 7.65. The summed E-state index contributed by atoms with van der Waals surface area (Å²) in [5.74, 6) is 0. The van der Waals surface area contributed by atoms with Crippen LogP contribution in [0.15, 0.2) is 24.3 Å². The number of thiol groups is 1. The first-order valence-corrected chi connectivity index (χ1v) is 7.08. The molecule has 1 aliphatic heterocycles. The van der Waals surface area contributed by atoms with Gasteiger partial charge in [-0.25, -0.2) is 0 Å². The van der Waals surface area contributed by atoms with E-state index >= 15 is 0 Å². The topological polar surface area (TPSA) is 44.5 Å². The molecule has 1 heterocycles. The number of thiocarbonyl (C=S) groups is 1. The minimum Gasteiger partial charge on any atom is -0.385 e. The number of anilines is 2. The zero-order valence-electron chi connectivity index (χ0n) is 11.5. The van der Waals surface area contributed by atoms with Crippen molar-refractivity contribution in [2.45, 2.75) is 0 Å². The van der Waals surface area contributed by atoms with Crippen molar-refractivity contribution < 1.29 is 0 Å². The zero-order chi connectivity index (χ0) is 14.3. The highest BCUT2D eigenvalue weighted by Crippen LogP contribution is 2.27. The van der Waals surface area contributed by atoms with Gasteiger partial charge in [0.2, 0.25) is 0 Å². The number of nitrogens with zero attached hydrogens (tertiary/aromatic N) is 2. The number of benzene rings is 1. The van der Waals surface area contributed by atoms with Gasteiger partial charge >= 0.3 is 0 Å². The van der Waals surface area contributed by atoms with Gasteiger partial charge in [-0.1, -0.05) is 24.4 Å². The molecule has 2 rings (SSSR count). The average molecular weight is 298 g/mol. The molecule has 1 fully saturated rings. The Labute approximate surface area is 126 Å². The van der Waals surface area contributed by atoms with Crippen LogP contribution in [0.4, 0.5) is 11.4 Å². The van der Waals surface area contributed by atoms with Gasteiger partial charge in [-0.2, -0.15) is 0 Å². The lowest BCUT2D eigenvalue weighted by Gasteiger charge is -2.32. The molecule has 1 aromatic carbocycles. The highest BCUT2D eigenvalue weighted by atomic mass is 32.1. The lowest BCUT2D eigenvalue weighted by Crippen LogP contribution is -2.43. The minimum absolute atomic E-state index is 0.194. The van der Waals surface area contributed by atoms with Crippen LogP contribution >= 0.6 is 24.8 Å². The van der Waals surface area contributed by atoms with Crippen molar-refractivity contribution in [3.05, 3.63) is 24.3 Å². The second-order valence-electron chi connectivity index (χ2n) is 4.46. The fourth-order valence-electron chi connectivity index (χ4n) is 2.02. The van der Waals surface area contributed by atoms with E-state index < -0.39 is 0 Å². The summed E-state index contributed by atoms with van der Waals surface area (Å²) in [6.07, 6.45) is 0. The van der Waals surface area contributed by atoms with Gasteiger partial charge < -0.3 is 20.9 Å². The van der Waals surface area contributed by atoms with Crippen LogP contribution in [0.2, 0.25) is 0 Å². The molecule has 0 saturated carbocycles. The predicted octanol–water partition coefficient (Wildman–Crippen LogP) is 1.32. The molecule has 4 nitrogen and oxygen atoms in total. The van der Waals surface area contributed by atoms with Gasteiger partial charge in [0, 0.05) is 40.3 Å². The highest BCUT2D eigenvalue weighted by Gasteiger charge is 2.14. The Morgan fingerprint density at radius 2 is 1.84 bits per heavy atom. The lowest BCUT2D eigenvalue weighted by molar-refractivity contribution is 0.589. The molecule has 1 saturated heterocycles. The van der Waals surface area contributed by atoms with Crippen molar-refractivity contribution in [2.24, 2.45) is 5.73 Å². The van der Waals surface area contributed by atoms with Crippen molar-refractivity contribution >= 4 is 40.5 Å². The van der Waals surface area contributed by atoms with Crippen LogP contribution < -0.4 is 20.9 Å². The number of para-hydroxylation sites is 2. The van der Waals surface area contributed by atoms with E-state index in [1.165, 1.54) is 11.4 Å². The van der Waals surface area contributed by atoms with Gasteiger partial charge in [0.05, 0.1) is 11.4 Å². The molecule has 0 bridgehead atoms. The molecule has 0 amide bonds. The van der Waals surface area contributed by atoms with E-state index in [9.17, 15) is 0 Å². The normalized spacial score (nSPS) is 14.4.